The second kappa shape index (κ2) is 9.50. The molecule has 0 spiro atoms. The van der Waals surface area contributed by atoms with Gasteiger partial charge in [0.1, 0.15) is 0 Å². The maximum atomic E-state index is 2.36. The zero-order chi connectivity index (χ0) is 25.3. The minimum atomic E-state index is 1.21. The van der Waals surface area contributed by atoms with Gasteiger partial charge in [-0.15, -0.1) is 0 Å². The third-order valence-corrected chi connectivity index (χ3v) is 7.37. The molecule has 0 nitrogen and oxygen atoms in total. The van der Waals surface area contributed by atoms with Crippen molar-refractivity contribution < 1.29 is 0 Å². The van der Waals surface area contributed by atoms with Gasteiger partial charge in [-0.3, -0.25) is 0 Å². The van der Waals surface area contributed by atoms with Crippen molar-refractivity contribution in [1.29, 1.82) is 0 Å². The maximum Gasteiger partial charge on any atom is -0.00990 e. The molecule has 0 unspecified atom stereocenters. The van der Waals surface area contributed by atoms with Crippen LogP contribution in [0.15, 0.2) is 133 Å². The predicted molar refractivity (Wildman–Crippen MR) is 167 cm³/mol. The van der Waals surface area contributed by atoms with Gasteiger partial charge in [0.2, 0.25) is 0 Å². The molecule has 0 aromatic heterocycles. The third-order valence-electron chi connectivity index (χ3n) is 7.37. The lowest BCUT2D eigenvalue weighted by Gasteiger charge is -2.10. The van der Waals surface area contributed by atoms with E-state index in [9.17, 15) is 0 Å². The first-order valence-electron chi connectivity index (χ1n) is 13.1. The van der Waals surface area contributed by atoms with E-state index in [0.717, 1.165) is 0 Å². The Morgan fingerprint density at radius 3 is 1.05 bits per heavy atom. The minimum Gasteiger partial charge on any atom is -0.0622 e. The first-order chi connectivity index (χ1) is 18.8. The van der Waals surface area contributed by atoms with Gasteiger partial charge >= 0.3 is 0 Å². The molecular formula is C38H26. The van der Waals surface area contributed by atoms with Crippen LogP contribution in [0.25, 0.3) is 67.4 Å². The Kier molecular flexibility index (Phi) is 5.57. The van der Waals surface area contributed by atoms with Gasteiger partial charge in [0, 0.05) is 0 Å². The molecule has 38 heavy (non-hydrogen) atoms. The van der Waals surface area contributed by atoms with Crippen LogP contribution in [-0.2, 0) is 0 Å². The Bertz CT molecular complexity index is 1840. The number of hydrogen-bond acceptors (Lipinski definition) is 0. The highest BCUT2D eigenvalue weighted by atomic mass is 14.1. The lowest BCUT2D eigenvalue weighted by molar-refractivity contribution is 1.66. The van der Waals surface area contributed by atoms with Crippen molar-refractivity contribution in [3.63, 3.8) is 0 Å². The predicted octanol–water partition coefficient (Wildman–Crippen LogP) is 10.6. The molecule has 7 rings (SSSR count). The smallest absolute Gasteiger partial charge is 0.00990 e. The van der Waals surface area contributed by atoms with E-state index in [4.69, 9.17) is 0 Å². The fourth-order valence-electron chi connectivity index (χ4n) is 5.38. The summed E-state index contributed by atoms with van der Waals surface area (Å²) in [5.41, 5.74) is 4.85. The van der Waals surface area contributed by atoms with Crippen LogP contribution < -0.4 is 0 Å². The van der Waals surface area contributed by atoms with E-state index in [-0.39, 0.29) is 0 Å². The van der Waals surface area contributed by atoms with Gasteiger partial charge in [0.05, 0.1) is 0 Å². The largest absolute Gasteiger partial charge is 0.0622 e. The SMILES string of the molecule is C(=Cc1ccc2c(ccc3cc4c(ccc5cc(C=Cc6ccccc6)ccc54)cc32)c1)c1ccccc1. The summed E-state index contributed by atoms with van der Waals surface area (Å²) in [6.45, 7) is 0. The van der Waals surface area contributed by atoms with Gasteiger partial charge in [0.25, 0.3) is 0 Å². The highest BCUT2D eigenvalue weighted by molar-refractivity contribution is 6.17. The lowest BCUT2D eigenvalue weighted by atomic mass is 9.94. The average Bonchev–Trinajstić information content (AvgIpc) is 2.98. The molecule has 0 aliphatic rings. The number of hydrogen-bond donors (Lipinski definition) is 0. The van der Waals surface area contributed by atoms with Crippen molar-refractivity contribution in [1.82, 2.24) is 0 Å². The summed E-state index contributed by atoms with van der Waals surface area (Å²) in [4.78, 5) is 0. The standard InChI is InChI=1S/C38H26/c1-3-7-27(8-4-1)11-13-29-15-21-35-31(23-29)17-19-33-26-38-34(25-37(33)35)20-18-32-24-30(16-22-36(32)38)14-12-28-9-5-2-6-10-28/h1-26H. The summed E-state index contributed by atoms with van der Waals surface area (Å²) < 4.78 is 0. The van der Waals surface area contributed by atoms with Crippen LogP contribution in [0, 0.1) is 0 Å². The van der Waals surface area contributed by atoms with Gasteiger partial charge in [-0.2, -0.15) is 0 Å². The molecule has 0 aliphatic carbocycles. The van der Waals surface area contributed by atoms with E-state index in [0.29, 0.717) is 0 Å². The quantitative estimate of drug-likeness (QED) is 0.133. The molecule has 0 fully saturated rings. The molecule has 0 atom stereocenters. The zero-order valence-corrected chi connectivity index (χ0v) is 21.0. The van der Waals surface area contributed by atoms with E-state index in [1.807, 2.05) is 12.1 Å². The summed E-state index contributed by atoms with van der Waals surface area (Å²) in [5.74, 6) is 0. The van der Waals surface area contributed by atoms with Crippen molar-refractivity contribution in [2.24, 2.45) is 0 Å². The molecule has 0 heteroatoms. The first kappa shape index (κ1) is 22.3. The number of fused-ring (bicyclic) bond motifs is 6. The molecule has 0 bridgehead atoms. The lowest BCUT2D eigenvalue weighted by Crippen LogP contribution is -1.83. The van der Waals surface area contributed by atoms with E-state index >= 15 is 0 Å². The van der Waals surface area contributed by atoms with Crippen molar-refractivity contribution in [3.05, 3.63) is 156 Å². The van der Waals surface area contributed by atoms with E-state index in [1.165, 1.54) is 65.3 Å². The minimum absolute atomic E-state index is 1.21. The Hall–Kier alpha value is -4.94. The van der Waals surface area contributed by atoms with Gasteiger partial charge in [-0.1, -0.05) is 133 Å². The van der Waals surface area contributed by atoms with Crippen molar-refractivity contribution in [2.75, 3.05) is 0 Å². The molecule has 7 aromatic carbocycles. The molecule has 0 N–H and O–H groups in total. The molecule has 0 radical (unpaired) electrons. The van der Waals surface area contributed by atoms with E-state index in [1.54, 1.807) is 0 Å². The Morgan fingerprint density at radius 2 is 0.632 bits per heavy atom. The summed E-state index contributed by atoms with van der Waals surface area (Å²) >= 11 is 0. The fraction of sp³-hybridized carbons (Fsp3) is 0. The van der Waals surface area contributed by atoms with Gasteiger partial charge in [-0.05, 0) is 89.6 Å². The molecule has 0 saturated heterocycles. The third kappa shape index (κ3) is 4.27. The monoisotopic (exact) mass is 482 g/mol. The van der Waals surface area contributed by atoms with Crippen molar-refractivity contribution in [3.8, 4) is 0 Å². The Balaban J connectivity index is 1.27. The summed E-state index contributed by atoms with van der Waals surface area (Å²) in [5, 5.41) is 10.3. The van der Waals surface area contributed by atoms with E-state index < -0.39 is 0 Å². The van der Waals surface area contributed by atoms with Crippen LogP contribution in [0.5, 0.6) is 0 Å². The number of benzene rings is 7. The van der Waals surface area contributed by atoms with Crippen molar-refractivity contribution in [2.45, 2.75) is 0 Å². The first-order valence-corrected chi connectivity index (χ1v) is 13.1. The van der Waals surface area contributed by atoms with Crippen molar-refractivity contribution >= 4 is 67.4 Å². The fourth-order valence-corrected chi connectivity index (χ4v) is 5.38. The zero-order valence-electron chi connectivity index (χ0n) is 21.0. The van der Waals surface area contributed by atoms with Crippen LogP contribution in [0.3, 0.4) is 0 Å². The Labute approximate surface area is 222 Å². The molecule has 7 aromatic rings. The second-order valence-corrected chi connectivity index (χ2v) is 9.87. The Morgan fingerprint density at radius 1 is 0.263 bits per heavy atom. The van der Waals surface area contributed by atoms with Crippen LogP contribution in [-0.4, -0.2) is 0 Å². The highest BCUT2D eigenvalue weighted by Crippen LogP contribution is 2.34. The number of rotatable bonds is 4. The topological polar surface area (TPSA) is 0 Å². The highest BCUT2D eigenvalue weighted by Gasteiger charge is 2.07. The summed E-state index contributed by atoms with van der Waals surface area (Å²) in [7, 11) is 0. The summed E-state index contributed by atoms with van der Waals surface area (Å²) in [6, 6.07) is 48.2. The molecule has 0 heterocycles. The van der Waals surface area contributed by atoms with Gasteiger partial charge in [-0.25, -0.2) is 0 Å². The van der Waals surface area contributed by atoms with E-state index in [2.05, 4.69) is 146 Å². The molecular weight excluding hydrogens is 456 g/mol. The van der Waals surface area contributed by atoms with Crippen LogP contribution in [0.1, 0.15) is 22.3 Å². The summed E-state index contributed by atoms with van der Waals surface area (Å²) in [6.07, 6.45) is 8.72. The van der Waals surface area contributed by atoms with Gasteiger partial charge in [0.15, 0.2) is 0 Å². The molecule has 0 aliphatic heterocycles. The molecule has 0 saturated carbocycles. The van der Waals surface area contributed by atoms with Gasteiger partial charge < -0.3 is 0 Å². The van der Waals surface area contributed by atoms with Crippen LogP contribution >= 0.6 is 0 Å². The normalized spacial score (nSPS) is 12.0. The second-order valence-electron chi connectivity index (χ2n) is 9.87. The molecule has 0 amide bonds. The van der Waals surface area contributed by atoms with Crippen LogP contribution in [0.4, 0.5) is 0 Å². The van der Waals surface area contributed by atoms with Crippen LogP contribution in [0.2, 0.25) is 0 Å². The maximum absolute atomic E-state index is 2.36. The molecule has 178 valence electrons. The average molecular weight is 483 g/mol.